The molecule has 26 heavy (non-hydrogen) atoms. The van der Waals surface area contributed by atoms with Crippen LogP contribution in [-0.4, -0.2) is 26.6 Å². The minimum atomic E-state index is -0.340. The molecule has 0 saturated carbocycles. The van der Waals surface area contributed by atoms with E-state index in [1.807, 2.05) is 6.92 Å². The third-order valence-corrected chi connectivity index (χ3v) is 4.61. The van der Waals surface area contributed by atoms with Crippen molar-refractivity contribution in [1.29, 1.82) is 0 Å². The van der Waals surface area contributed by atoms with Gasteiger partial charge in [-0.1, -0.05) is 0 Å². The van der Waals surface area contributed by atoms with E-state index in [1.54, 1.807) is 47.1 Å². The van der Waals surface area contributed by atoms with Crippen molar-refractivity contribution in [3.63, 3.8) is 0 Å². The fraction of sp³-hybridized carbons (Fsp3) is 0.211. The average Bonchev–Trinajstić information content (AvgIpc) is 3.03. The molecule has 0 unspecified atom stereocenters. The highest BCUT2D eigenvalue weighted by Crippen LogP contribution is 2.25. The molecule has 0 spiro atoms. The molecule has 1 amide bonds. The summed E-state index contributed by atoms with van der Waals surface area (Å²) in [5, 5.41) is 0. The van der Waals surface area contributed by atoms with E-state index in [0.29, 0.717) is 35.7 Å². The monoisotopic (exact) mass is 352 g/mol. The first kappa shape index (κ1) is 16.3. The topological polar surface area (TPSA) is 60.1 Å². The van der Waals surface area contributed by atoms with Gasteiger partial charge in [-0.2, -0.15) is 0 Å². The summed E-state index contributed by atoms with van der Waals surface area (Å²) in [6.45, 7) is 4.33. The summed E-state index contributed by atoms with van der Waals surface area (Å²) >= 11 is 0. The summed E-state index contributed by atoms with van der Waals surface area (Å²) in [6.07, 6.45) is 3.35. The lowest BCUT2D eigenvalue weighted by Crippen LogP contribution is -2.45. The Labute approximate surface area is 149 Å². The number of aryl methyl sites for hydroxylation is 2. The van der Waals surface area contributed by atoms with Crippen LogP contribution in [0.5, 0.6) is 0 Å². The highest BCUT2D eigenvalue weighted by atomic mass is 19.1. The molecule has 132 valence electrons. The van der Waals surface area contributed by atoms with Gasteiger partial charge < -0.3 is 14.0 Å². The van der Waals surface area contributed by atoms with E-state index in [1.165, 1.54) is 16.7 Å². The molecule has 0 radical (unpaired) electrons. The second kappa shape index (κ2) is 5.94. The number of halogens is 1. The van der Waals surface area contributed by atoms with Crippen molar-refractivity contribution in [2.45, 2.75) is 20.4 Å². The molecule has 3 aromatic rings. The maximum Gasteiger partial charge on any atom is 0.275 e. The number of amides is 1. The zero-order valence-electron chi connectivity index (χ0n) is 14.4. The first-order valence-electron chi connectivity index (χ1n) is 8.28. The van der Waals surface area contributed by atoms with Crippen molar-refractivity contribution < 1.29 is 9.18 Å². The van der Waals surface area contributed by atoms with Crippen molar-refractivity contribution in [2.24, 2.45) is 0 Å². The number of nitrogens with zero attached hydrogens (tertiary/aromatic N) is 4. The zero-order chi connectivity index (χ0) is 18.4. The van der Waals surface area contributed by atoms with Crippen molar-refractivity contribution >= 4 is 11.6 Å². The van der Waals surface area contributed by atoms with E-state index >= 15 is 0 Å². The Morgan fingerprint density at radius 1 is 1.04 bits per heavy atom. The first-order chi connectivity index (χ1) is 12.5. The van der Waals surface area contributed by atoms with Crippen LogP contribution < -0.4 is 10.5 Å². The van der Waals surface area contributed by atoms with Crippen LogP contribution in [0.3, 0.4) is 0 Å². The number of hydrogen-bond donors (Lipinski definition) is 0. The number of hydrogen-bond acceptors (Lipinski definition) is 3. The van der Waals surface area contributed by atoms with Gasteiger partial charge in [0.2, 0.25) is 0 Å². The number of anilines is 1. The van der Waals surface area contributed by atoms with E-state index in [-0.39, 0.29) is 17.3 Å². The summed E-state index contributed by atoms with van der Waals surface area (Å²) in [7, 11) is 0. The van der Waals surface area contributed by atoms with E-state index in [0.717, 1.165) is 5.69 Å². The van der Waals surface area contributed by atoms with Gasteiger partial charge in [0, 0.05) is 25.0 Å². The van der Waals surface area contributed by atoms with Crippen LogP contribution in [0.25, 0.3) is 5.69 Å². The number of benzene rings is 1. The van der Waals surface area contributed by atoms with Crippen LogP contribution in [-0.2, 0) is 6.54 Å². The molecule has 1 aliphatic rings. The van der Waals surface area contributed by atoms with Gasteiger partial charge in [-0.05, 0) is 49.7 Å². The maximum absolute atomic E-state index is 13.4. The molecule has 0 aliphatic carbocycles. The second-order valence-corrected chi connectivity index (χ2v) is 6.37. The summed E-state index contributed by atoms with van der Waals surface area (Å²) in [6, 6.07) is 7.61. The molecule has 0 saturated heterocycles. The molecule has 6 nitrogen and oxygen atoms in total. The normalized spacial score (nSPS) is 13.8. The Hall–Kier alpha value is -3.22. The summed E-state index contributed by atoms with van der Waals surface area (Å²) in [4.78, 5) is 31.5. The Kier molecular flexibility index (Phi) is 3.72. The van der Waals surface area contributed by atoms with Crippen LogP contribution >= 0.6 is 0 Å². The molecule has 1 aromatic carbocycles. The number of fused-ring (bicyclic) bond motifs is 1. The third kappa shape index (κ3) is 2.52. The molecule has 1 aliphatic heterocycles. The lowest BCUT2D eigenvalue weighted by Gasteiger charge is -2.30. The standard InChI is InChI=1S/C19H17FN4O2/c1-12-9-14(20)3-4-15(12)23-7-8-24-17(19(23)26)6-5-16(18(24)25)22-10-13(2)21-11-22/h3-6,9-11H,7-8H2,1-2H3. The molecule has 0 atom stereocenters. The molecule has 2 aromatic heterocycles. The SMILES string of the molecule is Cc1cn(-c2ccc3n(c2=O)CCN(c2ccc(F)cc2C)C3=O)cn1. The maximum atomic E-state index is 13.4. The number of rotatable bonds is 2. The van der Waals surface area contributed by atoms with Crippen molar-refractivity contribution in [1.82, 2.24) is 14.1 Å². The predicted molar refractivity (Wildman–Crippen MR) is 95.4 cm³/mol. The minimum absolute atomic E-state index is 0.233. The molecule has 7 heteroatoms. The highest BCUT2D eigenvalue weighted by Gasteiger charge is 2.28. The smallest absolute Gasteiger partial charge is 0.275 e. The summed E-state index contributed by atoms with van der Waals surface area (Å²) < 4.78 is 16.5. The van der Waals surface area contributed by atoms with Gasteiger partial charge >= 0.3 is 0 Å². The Balaban J connectivity index is 1.76. The number of aromatic nitrogens is 3. The van der Waals surface area contributed by atoms with Crippen molar-refractivity contribution in [3.05, 3.63) is 76.0 Å². The molecular formula is C19H17FN4O2. The second-order valence-electron chi connectivity index (χ2n) is 6.37. The van der Waals surface area contributed by atoms with E-state index in [9.17, 15) is 14.0 Å². The van der Waals surface area contributed by atoms with Gasteiger partial charge in [0.1, 0.15) is 17.2 Å². The molecular weight excluding hydrogens is 335 g/mol. The van der Waals surface area contributed by atoms with E-state index in [2.05, 4.69) is 4.98 Å². The van der Waals surface area contributed by atoms with Crippen LogP contribution in [0.1, 0.15) is 21.7 Å². The predicted octanol–water partition coefficient (Wildman–Crippen LogP) is 2.45. The van der Waals surface area contributed by atoms with Gasteiger partial charge in [0.05, 0.1) is 12.0 Å². The number of carbonyl (C=O) groups is 1. The molecule has 3 heterocycles. The number of carbonyl (C=O) groups excluding carboxylic acids is 1. The van der Waals surface area contributed by atoms with Crippen molar-refractivity contribution in [3.8, 4) is 5.69 Å². The van der Waals surface area contributed by atoms with E-state index in [4.69, 9.17) is 0 Å². The third-order valence-electron chi connectivity index (χ3n) is 4.61. The number of pyridine rings is 1. The van der Waals surface area contributed by atoms with Crippen LogP contribution in [0.2, 0.25) is 0 Å². The Morgan fingerprint density at radius 2 is 1.81 bits per heavy atom. The average molecular weight is 352 g/mol. The largest absolute Gasteiger partial charge is 0.305 e. The molecule has 0 bridgehead atoms. The lowest BCUT2D eigenvalue weighted by atomic mass is 10.1. The summed E-state index contributed by atoms with van der Waals surface area (Å²) in [5.74, 6) is -0.607. The van der Waals surface area contributed by atoms with Gasteiger partial charge in [-0.3, -0.25) is 9.59 Å². The van der Waals surface area contributed by atoms with E-state index < -0.39 is 0 Å². The molecule has 4 rings (SSSR count). The van der Waals surface area contributed by atoms with Gasteiger partial charge in [-0.15, -0.1) is 0 Å². The highest BCUT2D eigenvalue weighted by molar-refractivity contribution is 6.06. The van der Waals surface area contributed by atoms with Gasteiger partial charge in [-0.25, -0.2) is 9.37 Å². The zero-order valence-corrected chi connectivity index (χ0v) is 14.4. The lowest BCUT2D eigenvalue weighted by molar-refractivity contribution is 0.0963. The van der Waals surface area contributed by atoms with Crippen LogP contribution in [0.15, 0.2) is 47.7 Å². The fourth-order valence-corrected chi connectivity index (χ4v) is 3.32. The molecule has 0 fully saturated rings. The number of imidazole rings is 1. The van der Waals surface area contributed by atoms with Crippen molar-refractivity contribution in [2.75, 3.05) is 11.4 Å². The van der Waals surface area contributed by atoms with Gasteiger partial charge in [0.15, 0.2) is 0 Å². The quantitative estimate of drug-likeness (QED) is 0.712. The fourth-order valence-electron chi connectivity index (χ4n) is 3.32. The molecule has 0 N–H and O–H groups in total. The van der Waals surface area contributed by atoms with Crippen LogP contribution in [0.4, 0.5) is 10.1 Å². The minimum Gasteiger partial charge on any atom is -0.305 e. The Bertz CT molecular complexity index is 1080. The summed E-state index contributed by atoms with van der Waals surface area (Å²) in [5.41, 5.74) is 2.69. The van der Waals surface area contributed by atoms with Gasteiger partial charge in [0.25, 0.3) is 11.5 Å². The Morgan fingerprint density at radius 3 is 2.50 bits per heavy atom. The first-order valence-corrected chi connectivity index (χ1v) is 8.28. The van der Waals surface area contributed by atoms with Crippen LogP contribution in [0, 0.1) is 19.7 Å².